The normalized spacial score (nSPS) is 19.8. The molecule has 1 spiro atoms. The van der Waals surface area contributed by atoms with Gasteiger partial charge in [-0.15, -0.1) is 0 Å². The number of benzene rings is 2. The highest BCUT2D eigenvalue weighted by atomic mass is 35.5. The molecule has 9 nitrogen and oxygen atoms in total. The molecule has 3 aromatic rings. The summed E-state index contributed by atoms with van der Waals surface area (Å²) in [5.41, 5.74) is 0.887. The Morgan fingerprint density at radius 3 is 2.83 bits per heavy atom. The second-order valence-corrected chi connectivity index (χ2v) is 9.54. The van der Waals surface area contributed by atoms with E-state index in [-0.39, 0.29) is 16.7 Å². The molecule has 0 aliphatic carbocycles. The molecule has 2 aromatic carbocycles. The lowest BCUT2D eigenvalue weighted by Gasteiger charge is -2.21. The number of likely N-dealkylation sites (tertiary alicyclic amines) is 1. The van der Waals surface area contributed by atoms with Gasteiger partial charge in [0.1, 0.15) is 23.6 Å². The van der Waals surface area contributed by atoms with Crippen molar-refractivity contribution in [1.82, 2.24) is 19.8 Å². The molecule has 3 heterocycles. The van der Waals surface area contributed by atoms with Crippen molar-refractivity contribution in [3.8, 4) is 11.5 Å². The van der Waals surface area contributed by atoms with Crippen LogP contribution in [0.3, 0.4) is 0 Å². The maximum atomic E-state index is 13.5. The lowest BCUT2D eigenvalue weighted by Crippen LogP contribution is -2.37. The van der Waals surface area contributed by atoms with Gasteiger partial charge in [0.25, 0.3) is 0 Å². The highest BCUT2D eigenvalue weighted by Gasteiger charge is 2.48. The van der Waals surface area contributed by atoms with Gasteiger partial charge < -0.3 is 24.4 Å². The van der Waals surface area contributed by atoms with Crippen LogP contribution in [0, 0.1) is 5.82 Å². The number of hydrogen-bond acceptors (Lipinski definition) is 8. The average molecular weight is 516 g/mol. The number of hydrogen-bond donors (Lipinski definition) is 1. The molecule has 0 bridgehead atoms. The van der Waals surface area contributed by atoms with Gasteiger partial charge in [-0.05, 0) is 30.7 Å². The van der Waals surface area contributed by atoms with Gasteiger partial charge in [0, 0.05) is 50.2 Å². The van der Waals surface area contributed by atoms with Crippen LogP contribution in [0.15, 0.2) is 36.7 Å². The monoisotopic (exact) mass is 515 g/mol. The van der Waals surface area contributed by atoms with E-state index in [9.17, 15) is 9.18 Å². The Morgan fingerprint density at radius 1 is 1.22 bits per heavy atom. The number of anilines is 2. The molecule has 190 valence electrons. The van der Waals surface area contributed by atoms with E-state index in [2.05, 4.69) is 20.2 Å². The molecule has 2 saturated heterocycles. The van der Waals surface area contributed by atoms with Gasteiger partial charge in [0.15, 0.2) is 11.5 Å². The zero-order valence-corrected chi connectivity index (χ0v) is 20.8. The molecule has 0 saturated carbocycles. The Bertz CT molecular complexity index is 1290. The Balaban J connectivity index is 1.24. The van der Waals surface area contributed by atoms with Gasteiger partial charge >= 0.3 is 6.09 Å². The minimum Gasteiger partial charge on any atom is -0.493 e. The molecule has 1 amide bonds. The summed E-state index contributed by atoms with van der Waals surface area (Å²) in [7, 11) is 3.35. The molecule has 2 fully saturated rings. The summed E-state index contributed by atoms with van der Waals surface area (Å²) in [6, 6.07) is 8.01. The summed E-state index contributed by atoms with van der Waals surface area (Å²) in [6.45, 7) is 3.58. The van der Waals surface area contributed by atoms with Gasteiger partial charge in [-0.3, -0.25) is 4.90 Å². The van der Waals surface area contributed by atoms with Gasteiger partial charge in [0.2, 0.25) is 0 Å². The molecule has 2 aliphatic rings. The molecular weight excluding hydrogens is 489 g/mol. The quantitative estimate of drug-likeness (QED) is 0.440. The average Bonchev–Trinajstić information content (AvgIpc) is 3.38. The first-order chi connectivity index (χ1) is 17.4. The Kier molecular flexibility index (Phi) is 6.72. The summed E-state index contributed by atoms with van der Waals surface area (Å²) in [4.78, 5) is 24.4. The maximum Gasteiger partial charge on any atom is 0.410 e. The first kappa shape index (κ1) is 24.3. The van der Waals surface area contributed by atoms with Crippen LogP contribution in [-0.4, -0.2) is 78.4 Å². The van der Waals surface area contributed by atoms with E-state index < -0.39 is 5.82 Å². The molecule has 1 aromatic heterocycles. The molecule has 1 N–H and O–H groups in total. The van der Waals surface area contributed by atoms with Crippen molar-refractivity contribution in [3.63, 3.8) is 0 Å². The fraction of sp³-hybridized carbons (Fsp3) is 0.400. The van der Waals surface area contributed by atoms with Crippen LogP contribution < -0.4 is 14.8 Å². The van der Waals surface area contributed by atoms with E-state index in [1.807, 2.05) is 6.07 Å². The minimum atomic E-state index is -0.490. The SMILES string of the molecule is COc1cc2ncnc(Nc3ccc(F)c(Cl)c3)c2cc1OCCCN1CCC2(C1)CN(C)C(=O)O2. The van der Waals surface area contributed by atoms with Crippen molar-refractivity contribution in [2.45, 2.75) is 18.4 Å². The second-order valence-electron chi connectivity index (χ2n) is 9.13. The van der Waals surface area contributed by atoms with Crippen LogP contribution >= 0.6 is 11.6 Å². The summed E-state index contributed by atoms with van der Waals surface area (Å²) in [6.07, 6.45) is 2.84. The summed E-state index contributed by atoms with van der Waals surface area (Å²) in [5, 5.41) is 3.91. The largest absolute Gasteiger partial charge is 0.493 e. The topological polar surface area (TPSA) is 89.1 Å². The third-order valence-corrected chi connectivity index (χ3v) is 6.81. The molecule has 0 radical (unpaired) electrons. The molecule has 2 aliphatic heterocycles. The number of halogens is 2. The standard InChI is InChI=1S/C25H27ClFN5O4/c1-31-13-25(36-24(31)33)6-8-32(14-25)7-3-9-35-22-11-17-20(12-21(22)34-2)28-15-29-23(17)30-16-4-5-19(27)18(26)10-16/h4-5,10-12,15H,3,6-9,13-14H2,1-2H3,(H,28,29,30). The van der Waals surface area contributed by atoms with Crippen LogP contribution in [0.5, 0.6) is 11.5 Å². The van der Waals surface area contributed by atoms with Crippen LogP contribution in [-0.2, 0) is 4.74 Å². The van der Waals surface area contributed by atoms with Crippen molar-refractivity contribution in [2.24, 2.45) is 0 Å². The van der Waals surface area contributed by atoms with E-state index in [1.54, 1.807) is 31.2 Å². The lowest BCUT2D eigenvalue weighted by molar-refractivity contribution is 0.0629. The van der Waals surface area contributed by atoms with Crippen molar-refractivity contribution < 1.29 is 23.4 Å². The Hall–Kier alpha value is -3.37. The van der Waals surface area contributed by atoms with Crippen LogP contribution in [0.25, 0.3) is 10.9 Å². The highest BCUT2D eigenvalue weighted by molar-refractivity contribution is 6.31. The summed E-state index contributed by atoms with van der Waals surface area (Å²) < 4.78 is 30.8. The number of rotatable bonds is 8. The first-order valence-electron chi connectivity index (χ1n) is 11.7. The number of nitrogens with zero attached hydrogens (tertiary/aromatic N) is 4. The molecule has 36 heavy (non-hydrogen) atoms. The first-order valence-corrected chi connectivity index (χ1v) is 12.1. The fourth-order valence-corrected chi connectivity index (χ4v) is 4.92. The van der Waals surface area contributed by atoms with Crippen molar-refractivity contribution >= 4 is 40.1 Å². The molecule has 5 rings (SSSR count). The van der Waals surface area contributed by atoms with Gasteiger partial charge in [-0.25, -0.2) is 19.2 Å². The molecule has 1 atom stereocenters. The van der Waals surface area contributed by atoms with E-state index >= 15 is 0 Å². The zero-order valence-electron chi connectivity index (χ0n) is 20.1. The number of fused-ring (bicyclic) bond motifs is 1. The second kappa shape index (κ2) is 9.94. The number of nitrogens with one attached hydrogen (secondary N) is 1. The van der Waals surface area contributed by atoms with Gasteiger partial charge in [-0.2, -0.15) is 0 Å². The Morgan fingerprint density at radius 2 is 2.08 bits per heavy atom. The van der Waals surface area contributed by atoms with Gasteiger partial charge in [-0.1, -0.05) is 11.6 Å². The lowest BCUT2D eigenvalue weighted by atomic mass is 10.0. The third kappa shape index (κ3) is 4.96. The third-order valence-electron chi connectivity index (χ3n) is 6.52. The van der Waals surface area contributed by atoms with Gasteiger partial charge in [0.05, 0.1) is 30.8 Å². The minimum absolute atomic E-state index is 0.0195. The van der Waals surface area contributed by atoms with Crippen LogP contribution in [0.2, 0.25) is 5.02 Å². The van der Waals surface area contributed by atoms with E-state index in [1.165, 1.54) is 18.5 Å². The van der Waals surface area contributed by atoms with E-state index in [0.29, 0.717) is 41.7 Å². The number of carbonyl (C=O) groups excluding carboxylic acids is 1. The predicted octanol–water partition coefficient (Wildman–Crippen LogP) is 4.47. The number of amides is 1. The molecule has 1 unspecified atom stereocenters. The van der Waals surface area contributed by atoms with Crippen molar-refractivity contribution in [3.05, 3.63) is 47.5 Å². The van der Waals surface area contributed by atoms with Crippen LogP contribution in [0.1, 0.15) is 12.8 Å². The van der Waals surface area contributed by atoms with Crippen LogP contribution in [0.4, 0.5) is 20.7 Å². The summed E-state index contributed by atoms with van der Waals surface area (Å²) >= 11 is 5.92. The van der Waals surface area contributed by atoms with Crippen molar-refractivity contribution in [1.29, 1.82) is 0 Å². The Labute approximate surface area is 213 Å². The molecule has 11 heteroatoms. The van der Waals surface area contributed by atoms with Crippen molar-refractivity contribution in [2.75, 3.05) is 52.3 Å². The predicted molar refractivity (Wildman–Crippen MR) is 134 cm³/mol. The number of ether oxygens (including phenoxy) is 3. The van der Waals surface area contributed by atoms with E-state index in [0.717, 1.165) is 37.9 Å². The smallest absolute Gasteiger partial charge is 0.410 e. The van der Waals surface area contributed by atoms with E-state index in [4.69, 9.17) is 25.8 Å². The maximum absolute atomic E-state index is 13.5. The number of carbonyl (C=O) groups is 1. The highest BCUT2D eigenvalue weighted by Crippen LogP contribution is 2.35. The number of likely N-dealkylation sites (N-methyl/N-ethyl adjacent to an activating group) is 1. The number of methoxy groups -OCH3 is 1. The zero-order chi connectivity index (χ0) is 25.3. The number of aromatic nitrogens is 2. The fourth-order valence-electron chi connectivity index (χ4n) is 4.74. The summed E-state index contributed by atoms with van der Waals surface area (Å²) in [5.74, 6) is 1.19. The molecular formula is C25H27ClFN5O4.